The number of alkyl halides is 3. The molecule has 4 aromatic heterocycles. The van der Waals surface area contributed by atoms with Crippen molar-refractivity contribution in [2.75, 3.05) is 26.2 Å². The zero-order chi connectivity index (χ0) is 56.2. The van der Waals surface area contributed by atoms with Gasteiger partial charge in [0.15, 0.2) is 0 Å². The van der Waals surface area contributed by atoms with Crippen LogP contribution in [0.15, 0.2) is 121 Å². The first-order valence-corrected chi connectivity index (χ1v) is 26.1. The Morgan fingerprint density at radius 2 is 0.734 bits per heavy atom. The Morgan fingerprint density at radius 1 is 0.468 bits per heavy atom. The SMILES string of the molecule is Cc1cccc(-c2cccc(COc3c4cc(CCN)cc3Cc3cc(CCN)cc(c3O)Cc3cc(CCN)cc(c3OCc3cccc(-c5cccc(C)n5)n3)Cc3cc(CCN)cc(c3O)C4)n2)n1.O=C(O)C(F)(F)F. The highest BCUT2D eigenvalue weighted by atomic mass is 19.4. The lowest BCUT2D eigenvalue weighted by Crippen LogP contribution is -2.21. The molecule has 79 heavy (non-hydrogen) atoms. The molecule has 0 radical (unpaired) electrons. The first-order valence-electron chi connectivity index (χ1n) is 26.1. The first kappa shape index (κ1) is 57.0. The van der Waals surface area contributed by atoms with Crippen LogP contribution >= 0.6 is 0 Å². The standard InChI is InChI=1S/C60H64N8O4.C2HF3O2/c1-37-7-3-11-53(65-37)55-13-5-9-51(67-55)35-71-59-47-27-41(17-21-63)28-48(59)32-44-24-40(16-20-62)26-46(58(44)70)34-50-30-42(18-22-64)29-49(33-45-25-39(15-19-61)23-43(31-47)57(45)69)60(50)72-36-52-10-6-14-56(68-52)54-12-4-8-38(2)66-54;3-2(4,5)1(6)7/h3-14,23-30,69-70H,15-22,31-36,61-64H2,1-2H3;(H,6,7). The van der Waals surface area contributed by atoms with E-state index in [1.54, 1.807) is 0 Å². The van der Waals surface area contributed by atoms with Crippen molar-refractivity contribution in [2.24, 2.45) is 22.9 Å². The number of nitrogens with two attached hydrogens (primary N) is 4. The highest BCUT2D eigenvalue weighted by Crippen LogP contribution is 2.41. The molecule has 0 atom stereocenters. The molecule has 0 saturated heterocycles. The van der Waals surface area contributed by atoms with Crippen LogP contribution in [0.25, 0.3) is 22.8 Å². The fourth-order valence-electron chi connectivity index (χ4n) is 9.89. The number of aromatic hydroxyl groups is 2. The summed E-state index contributed by atoms with van der Waals surface area (Å²) in [4.78, 5) is 28.3. The van der Waals surface area contributed by atoms with Crippen LogP contribution in [0.2, 0.25) is 0 Å². The van der Waals surface area contributed by atoms with Crippen LogP contribution in [0.1, 0.15) is 89.5 Å². The second-order valence-electron chi connectivity index (χ2n) is 19.6. The average molecular weight is 1080 g/mol. The molecule has 0 fully saturated rings. The molecule has 410 valence electrons. The van der Waals surface area contributed by atoms with Gasteiger partial charge >= 0.3 is 12.1 Å². The third-order valence-electron chi connectivity index (χ3n) is 13.4. The van der Waals surface area contributed by atoms with Gasteiger partial charge in [-0.05, 0) is 181 Å². The molecule has 0 amide bonds. The number of benzene rings is 4. The molecule has 11 N–H and O–H groups in total. The van der Waals surface area contributed by atoms with Gasteiger partial charge < -0.3 is 47.7 Å². The van der Waals surface area contributed by atoms with Crippen molar-refractivity contribution >= 4 is 5.97 Å². The van der Waals surface area contributed by atoms with Crippen LogP contribution in [-0.2, 0) is 69.4 Å². The molecule has 14 nitrogen and oxygen atoms in total. The molecule has 8 aromatic rings. The van der Waals surface area contributed by atoms with E-state index in [0.717, 1.165) is 112 Å². The van der Waals surface area contributed by atoms with Crippen LogP contribution in [0, 0.1) is 13.8 Å². The molecule has 0 unspecified atom stereocenters. The van der Waals surface area contributed by atoms with E-state index >= 15 is 0 Å². The number of phenolic OH excluding ortho intramolecular Hbond substituents is 2. The van der Waals surface area contributed by atoms with Gasteiger partial charge in [0, 0.05) is 37.1 Å². The Hall–Kier alpha value is -8.22. The quantitative estimate of drug-likeness (QED) is 0.0477. The van der Waals surface area contributed by atoms with E-state index in [4.69, 9.17) is 62.2 Å². The number of hydrogen-bond donors (Lipinski definition) is 7. The molecular formula is C62H65F3N8O6. The predicted octanol–water partition coefficient (Wildman–Crippen LogP) is 9.10. The minimum atomic E-state index is -5.08. The first-order chi connectivity index (χ1) is 38.0. The van der Waals surface area contributed by atoms with E-state index in [0.29, 0.717) is 89.0 Å². The number of carboxylic acids is 1. The number of aliphatic carboxylic acids is 1. The summed E-state index contributed by atoms with van der Waals surface area (Å²) in [7, 11) is 0. The number of carbonyl (C=O) groups is 1. The summed E-state index contributed by atoms with van der Waals surface area (Å²) in [5, 5.41) is 32.3. The summed E-state index contributed by atoms with van der Waals surface area (Å²) in [6.45, 7) is 5.99. The van der Waals surface area contributed by atoms with E-state index < -0.39 is 12.1 Å². The highest BCUT2D eigenvalue weighted by Gasteiger charge is 2.38. The number of ether oxygens (including phenoxy) is 2. The summed E-state index contributed by atoms with van der Waals surface area (Å²) in [5.74, 6) is -1.08. The second kappa shape index (κ2) is 26.0. The predicted molar refractivity (Wildman–Crippen MR) is 298 cm³/mol. The van der Waals surface area contributed by atoms with Gasteiger partial charge in [0.2, 0.25) is 0 Å². The molecular weight excluding hydrogens is 1010 g/mol. The van der Waals surface area contributed by atoms with Crippen LogP contribution < -0.4 is 32.4 Å². The maximum Gasteiger partial charge on any atom is 0.490 e. The zero-order valence-corrected chi connectivity index (χ0v) is 44.2. The summed E-state index contributed by atoms with van der Waals surface area (Å²) in [6, 6.07) is 40.3. The highest BCUT2D eigenvalue weighted by molar-refractivity contribution is 5.73. The van der Waals surface area contributed by atoms with Crippen molar-refractivity contribution < 1.29 is 42.8 Å². The van der Waals surface area contributed by atoms with Gasteiger partial charge in [-0.25, -0.2) is 14.8 Å². The zero-order valence-electron chi connectivity index (χ0n) is 44.2. The fraction of sp³-hybridized carbons (Fsp3) is 0.274. The molecule has 17 heteroatoms. The fourth-order valence-corrected chi connectivity index (χ4v) is 9.89. The van der Waals surface area contributed by atoms with Crippen LogP contribution in [0.5, 0.6) is 23.0 Å². The van der Waals surface area contributed by atoms with Gasteiger partial charge in [-0.15, -0.1) is 0 Å². The number of rotatable bonds is 16. The van der Waals surface area contributed by atoms with E-state index in [2.05, 4.69) is 48.5 Å². The molecule has 9 rings (SSSR count). The van der Waals surface area contributed by atoms with Crippen molar-refractivity contribution in [3.63, 3.8) is 0 Å². The molecule has 8 bridgehead atoms. The topological polar surface area (TPSA) is 252 Å². The number of halogens is 3. The summed E-state index contributed by atoms with van der Waals surface area (Å²) in [6.07, 6.45) is -1.28. The maximum absolute atomic E-state index is 12.6. The minimum Gasteiger partial charge on any atom is -0.507 e. The number of carboxylic acid groups (broad SMARTS) is 1. The molecule has 4 aromatic carbocycles. The van der Waals surface area contributed by atoms with Gasteiger partial charge in [-0.3, -0.25) is 9.97 Å². The lowest BCUT2D eigenvalue weighted by Gasteiger charge is -2.23. The third kappa shape index (κ3) is 14.7. The Bertz CT molecular complexity index is 3150. The number of aromatic nitrogens is 4. The van der Waals surface area contributed by atoms with E-state index in [9.17, 15) is 23.4 Å². The Balaban J connectivity index is 0.00000110. The van der Waals surface area contributed by atoms with Gasteiger partial charge in [0.25, 0.3) is 0 Å². The Morgan fingerprint density at radius 3 is 1.00 bits per heavy atom. The number of nitrogens with zero attached hydrogens (tertiary/aromatic N) is 4. The molecule has 4 heterocycles. The third-order valence-corrected chi connectivity index (χ3v) is 13.4. The largest absolute Gasteiger partial charge is 0.507 e. The van der Waals surface area contributed by atoms with Crippen molar-refractivity contribution in [1.82, 2.24) is 19.9 Å². The lowest BCUT2D eigenvalue weighted by atomic mass is 9.87. The van der Waals surface area contributed by atoms with Crippen LogP contribution in [0.4, 0.5) is 13.2 Å². The van der Waals surface area contributed by atoms with Gasteiger partial charge in [-0.2, -0.15) is 13.2 Å². The van der Waals surface area contributed by atoms with E-state index in [1.165, 1.54) is 0 Å². The minimum absolute atomic E-state index is 0.163. The number of hydrogen-bond acceptors (Lipinski definition) is 13. The molecule has 1 aliphatic carbocycles. The van der Waals surface area contributed by atoms with Crippen LogP contribution in [0.3, 0.4) is 0 Å². The number of phenols is 2. The number of fused-ring (bicyclic) bond motifs is 8. The smallest absolute Gasteiger partial charge is 0.490 e. The Kier molecular flexibility index (Phi) is 18.7. The van der Waals surface area contributed by atoms with Gasteiger partial charge in [-0.1, -0.05) is 72.8 Å². The average Bonchev–Trinajstić information content (AvgIpc) is 3.50. The molecule has 1 aliphatic rings. The number of pyridine rings is 4. The van der Waals surface area contributed by atoms with Crippen LogP contribution in [-0.4, -0.2) is 73.6 Å². The van der Waals surface area contributed by atoms with Crippen molar-refractivity contribution in [2.45, 2.75) is 84.6 Å². The lowest BCUT2D eigenvalue weighted by molar-refractivity contribution is -0.192. The summed E-state index contributed by atoms with van der Waals surface area (Å²) in [5.41, 5.74) is 41.8. The maximum atomic E-state index is 12.6. The monoisotopic (exact) mass is 1070 g/mol. The second-order valence-corrected chi connectivity index (χ2v) is 19.6. The van der Waals surface area contributed by atoms with Gasteiger partial charge in [0.05, 0.1) is 34.2 Å². The van der Waals surface area contributed by atoms with Crippen molar-refractivity contribution in [3.05, 3.63) is 211 Å². The van der Waals surface area contributed by atoms with E-state index in [-0.39, 0.29) is 24.7 Å². The molecule has 0 saturated carbocycles. The summed E-state index contributed by atoms with van der Waals surface area (Å²) < 4.78 is 45.7. The van der Waals surface area contributed by atoms with Gasteiger partial charge in [0.1, 0.15) is 36.2 Å². The molecule has 0 spiro atoms. The normalized spacial score (nSPS) is 12.1. The Labute approximate surface area is 457 Å². The number of aryl methyl sites for hydroxylation is 2. The van der Waals surface area contributed by atoms with Crippen molar-refractivity contribution in [1.29, 1.82) is 0 Å². The van der Waals surface area contributed by atoms with Crippen molar-refractivity contribution in [3.8, 4) is 45.8 Å². The molecule has 0 aliphatic heterocycles. The summed E-state index contributed by atoms with van der Waals surface area (Å²) >= 11 is 0. The van der Waals surface area contributed by atoms with E-state index in [1.807, 2.05) is 86.6 Å².